The first-order chi connectivity index (χ1) is 24.9. The molecule has 256 valence electrons. The number of carbonyl (C=O) groups excluding carboxylic acids is 2. The fourth-order valence-corrected chi connectivity index (χ4v) is 7.10. The Morgan fingerprint density at radius 1 is 1.04 bits per heavy atom. The summed E-state index contributed by atoms with van der Waals surface area (Å²) in [5.41, 5.74) is 8.69. The number of imidazole rings is 1. The first-order valence-electron chi connectivity index (χ1n) is 17.0. The number of benzene rings is 2. The predicted molar refractivity (Wildman–Crippen MR) is 196 cm³/mol. The number of rotatable bonds is 10. The molecule has 2 aromatic carbocycles. The van der Waals surface area contributed by atoms with E-state index >= 15 is 0 Å². The SMILES string of the molecule is COC1CCC(NC/C=C/C(=O)Nc2ccc(C(=O)c3ccc4c(-c5c(C)cc6c(ncn6C)c5-c5cncnc5)cccn34)cc2C#N)CC1. The van der Waals surface area contributed by atoms with Gasteiger partial charge in [-0.25, -0.2) is 15.0 Å². The summed E-state index contributed by atoms with van der Waals surface area (Å²) >= 11 is 0. The molecule has 1 amide bonds. The van der Waals surface area contributed by atoms with E-state index in [1.807, 2.05) is 40.4 Å². The molecule has 0 unspecified atom stereocenters. The van der Waals surface area contributed by atoms with E-state index in [0.29, 0.717) is 35.6 Å². The van der Waals surface area contributed by atoms with E-state index in [2.05, 4.69) is 39.7 Å². The van der Waals surface area contributed by atoms with Gasteiger partial charge in [0.1, 0.15) is 12.4 Å². The summed E-state index contributed by atoms with van der Waals surface area (Å²) in [5.74, 6) is -0.596. The number of hydrogen-bond acceptors (Lipinski definition) is 8. The van der Waals surface area contributed by atoms with Crippen LogP contribution in [-0.2, 0) is 16.6 Å². The Morgan fingerprint density at radius 2 is 1.84 bits per heavy atom. The number of ketones is 1. The number of pyridine rings is 1. The molecule has 4 aromatic heterocycles. The summed E-state index contributed by atoms with van der Waals surface area (Å²) in [5, 5.41) is 16.2. The smallest absolute Gasteiger partial charge is 0.248 e. The van der Waals surface area contributed by atoms with Gasteiger partial charge in [-0.3, -0.25) is 9.59 Å². The van der Waals surface area contributed by atoms with Gasteiger partial charge >= 0.3 is 0 Å². The van der Waals surface area contributed by atoms with Crippen LogP contribution < -0.4 is 10.6 Å². The topological polar surface area (TPSA) is 139 Å². The van der Waals surface area contributed by atoms with Gasteiger partial charge in [0.15, 0.2) is 0 Å². The Hall–Kier alpha value is -5.96. The maximum atomic E-state index is 14.0. The predicted octanol–water partition coefficient (Wildman–Crippen LogP) is 6.40. The molecular formula is C40H38N8O3. The third-order valence-corrected chi connectivity index (χ3v) is 9.72. The number of aromatic nitrogens is 5. The fraction of sp³-hybridized carbons (Fsp3) is 0.250. The number of hydrogen-bond donors (Lipinski definition) is 2. The van der Waals surface area contributed by atoms with Crippen molar-refractivity contribution < 1.29 is 14.3 Å². The molecule has 0 bridgehead atoms. The van der Waals surface area contributed by atoms with Gasteiger partial charge in [0.25, 0.3) is 0 Å². The van der Waals surface area contributed by atoms with Crippen molar-refractivity contribution in [1.82, 2.24) is 29.2 Å². The number of nitrogens with zero attached hydrogens (tertiary/aromatic N) is 6. The zero-order valence-corrected chi connectivity index (χ0v) is 28.8. The van der Waals surface area contributed by atoms with Crippen molar-refractivity contribution >= 4 is 33.9 Å². The summed E-state index contributed by atoms with van der Waals surface area (Å²) in [4.78, 5) is 40.0. The van der Waals surface area contributed by atoms with Crippen LogP contribution in [0.4, 0.5) is 5.69 Å². The van der Waals surface area contributed by atoms with Crippen molar-refractivity contribution in [2.45, 2.75) is 44.8 Å². The molecule has 4 heterocycles. The third-order valence-electron chi connectivity index (χ3n) is 9.72. The minimum absolute atomic E-state index is 0.200. The van der Waals surface area contributed by atoms with Crippen LogP contribution in [0.15, 0.2) is 91.9 Å². The Bertz CT molecular complexity index is 2330. The molecule has 1 aliphatic carbocycles. The zero-order chi connectivity index (χ0) is 35.5. The Labute approximate surface area is 295 Å². The second-order valence-electron chi connectivity index (χ2n) is 12.9. The second-order valence-corrected chi connectivity index (χ2v) is 12.9. The Balaban J connectivity index is 1.13. The summed E-state index contributed by atoms with van der Waals surface area (Å²) in [7, 11) is 3.72. The number of aryl methyl sites for hydroxylation is 2. The lowest BCUT2D eigenvalue weighted by molar-refractivity contribution is -0.111. The number of nitrogens with one attached hydrogen (secondary N) is 2. The average molecular weight is 679 g/mol. The highest BCUT2D eigenvalue weighted by atomic mass is 16.5. The van der Waals surface area contributed by atoms with Gasteiger partial charge in [-0.2, -0.15) is 5.26 Å². The summed E-state index contributed by atoms with van der Waals surface area (Å²) in [6, 6.07) is 17.1. The monoisotopic (exact) mass is 678 g/mol. The quantitative estimate of drug-likeness (QED) is 0.125. The van der Waals surface area contributed by atoms with E-state index in [4.69, 9.17) is 9.72 Å². The molecule has 0 spiro atoms. The van der Waals surface area contributed by atoms with Crippen LogP contribution in [0.3, 0.4) is 0 Å². The van der Waals surface area contributed by atoms with Crippen molar-refractivity contribution in [2.75, 3.05) is 19.0 Å². The molecule has 11 heteroatoms. The second kappa shape index (κ2) is 14.5. The van der Waals surface area contributed by atoms with Gasteiger partial charge < -0.3 is 24.3 Å². The summed E-state index contributed by atoms with van der Waals surface area (Å²) in [6.07, 6.45) is 16.5. The molecule has 51 heavy (non-hydrogen) atoms. The maximum Gasteiger partial charge on any atom is 0.248 e. The van der Waals surface area contributed by atoms with Crippen LogP contribution in [0.1, 0.15) is 52.9 Å². The number of ether oxygens (including phenoxy) is 1. The molecule has 0 aliphatic heterocycles. The molecule has 0 saturated heterocycles. The normalized spacial score (nSPS) is 16.1. The van der Waals surface area contributed by atoms with Crippen LogP contribution in [0.2, 0.25) is 0 Å². The first-order valence-corrected chi connectivity index (χ1v) is 17.0. The van der Waals surface area contributed by atoms with Crippen LogP contribution in [-0.4, -0.2) is 61.4 Å². The van der Waals surface area contributed by atoms with E-state index < -0.39 is 0 Å². The maximum absolute atomic E-state index is 14.0. The lowest BCUT2D eigenvalue weighted by Gasteiger charge is -2.27. The molecule has 0 atom stereocenters. The van der Waals surface area contributed by atoms with E-state index in [1.165, 1.54) is 18.5 Å². The zero-order valence-electron chi connectivity index (χ0n) is 28.8. The van der Waals surface area contributed by atoms with Crippen molar-refractivity contribution in [3.8, 4) is 28.3 Å². The molecule has 6 aromatic rings. The summed E-state index contributed by atoms with van der Waals surface area (Å²) < 4.78 is 9.30. The van der Waals surface area contributed by atoms with Gasteiger partial charge in [0.2, 0.25) is 11.7 Å². The van der Waals surface area contributed by atoms with Crippen molar-refractivity contribution in [2.24, 2.45) is 7.05 Å². The lowest BCUT2D eigenvalue weighted by Crippen LogP contribution is -2.35. The molecular weight excluding hydrogens is 640 g/mol. The van der Waals surface area contributed by atoms with Crippen LogP contribution in [0.5, 0.6) is 0 Å². The van der Waals surface area contributed by atoms with Crippen molar-refractivity contribution in [3.63, 3.8) is 0 Å². The largest absolute Gasteiger partial charge is 0.381 e. The molecule has 7 rings (SSSR count). The molecule has 2 N–H and O–H groups in total. The molecule has 11 nitrogen and oxygen atoms in total. The van der Waals surface area contributed by atoms with E-state index in [-0.39, 0.29) is 17.3 Å². The third kappa shape index (κ3) is 6.67. The van der Waals surface area contributed by atoms with Crippen LogP contribution in [0.25, 0.3) is 38.8 Å². The minimum atomic E-state index is -0.346. The minimum Gasteiger partial charge on any atom is -0.381 e. The van der Waals surface area contributed by atoms with E-state index in [9.17, 15) is 14.9 Å². The number of nitriles is 1. The summed E-state index contributed by atoms with van der Waals surface area (Å²) in [6.45, 7) is 2.64. The van der Waals surface area contributed by atoms with E-state index in [0.717, 1.165) is 70.1 Å². The van der Waals surface area contributed by atoms with Gasteiger partial charge in [-0.05, 0) is 86.2 Å². The van der Waals surface area contributed by atoms with Crippen LogP contribution >= 0.6 is 0 Å². The first kappa shape index (κ1) is 33.5. The van der Waals surface area contributed by atoms with E-state index in [1.54, 1.807) is 50.1 Å². The molecule has 0 radical (unpaired) electrons. The number of fused-ring (bicyclic) bond motifs is 2. The average Bonchev–Trinajstić information content (AvgIpc) is 3.76. The molecule has 1 fully saturated rings. The number of anilines is 1. The highest BCUT2D eigenvalue weighted by Crippen LogP contribution is 2.41. The van der Waals surface area contributed by atoms with Crippen molar-refractivity contribution in [3.05, 3.63) is 114 Å². The Kier molecular flexibility index (Phi) is 9.53. The standard InChI is InChI=1S/C40H38N8O3/c1-25-18-35-39(45-24-47(35)2)38(28-21-42-23-43-22-28)37(25)31-6-5-17-48-33(31)14-15-34(48)40(50)26-8-13-32(27(19-26)20-41)46-36(49)7-4-16-44-29-9-11-30(51-3)12-10-29/h4-8,13-15,17-19,21-24,29-30,44H,9-12,16H2,1-3H3,(H,46,49)/b7-4+. The van der Waals surface area contributed by atoms with Crippen molar-refractivity contribution in [1.29, 1.82) is 5.26 Å². The van der Waals surface area contributed by atoms with Gasteiger partial charge in [-0.1, -0.05) is 12.1 Å². The van der Waals surface area contributed by atoms with Gasteiger partial charge in [-0.15, -0.1) is 0 Å². The highest BCUT2D eigenvalue weighted by Gasteiger charge is 2.23. The number of carbonyl (C=O) groups is 2. The fourth-order valence-electron chi connectivity index (χ4n) is 7.10. The number of amides is 1. The van der Waals surface area contributed by atoms with Gasteiger partial charge in [0, 0.05) is 73.7 Å². The molecule has 1 saturated carbocycles. The molecule has 1 aliphatic rings. The van der Waals surface area contributed by atoms with Crippen LogP contribution in [0, 0.1) is 18.3 Å². The van der Waals surface area contributed by atoms with Gasteiger partial charge in [0.05, 0.1) is 45.9 Å². The Morgan fingerprint density at radius 3 is 2.61 bits per heavy atom. The number of methoxy groups -OCH3 is 1. The lowest BCUT2D eigenvalue weighted by atomic mass is 9.90. The highest BCUT2D eigenvalue weighted by molar-refractivity contribution is 6.11.